The van der Waals surface area contributed by atoms with Crippen molar-refractivity contribution >= 4 is 6.29 Å². The molecular formula is C3H6CdO2. The molecule has 2 nitrogen and oxygen atoms in total. The summed E-state index contributed by atoms with van der Waals surface area (Å²) in [6.45, 7) is 0.208. The molecular weight excluding hydrogens is 180 g/mol. The molecule has 0 aromatic carbocycles. The molecule has 6 heavy (non-hydrogen) atoms. The largest absolute Gasteiger partial charge is 0.377 e. The third-order valence-corrected chi connectivity index (χ3v) is 0.235. The summed E-state index contributed by atoms with van der Waals surface area (Å²) in [6.07, 6.45) is 0.708. The van der Waals surface area contributed by atoms with Crippen molar-refractivity contribution < 1.29 is 36.8 Å². The number of aldehydes is 1. The minimum Gasteiger partial charge on any atom is -0.377 e. The number of ether oxygens (including phenoxy) is 1. The molecule has 0 atom stereocenters. The van der Waals surface area contributed by atoms with Crippen LogP contribution in [0.2, 0.25) is 0 Å². The molecule has 3 heteroatoms. The van der Waals surface area contributed by atoms with E-state index in [1.165, 1.54) is 7.11 Å². The van der Waals surface area contributed by atoms with Gasteiger partial charge in [0.25, 0.3) is 0 Å². The molecule has 0 N–H and O–H groups in total. The Balaban J connectivity index is 0. The van der Waals surface area contributed by atoms with Crippen molar-refractivity contribution in [3.05, 3.63) is 0 Å². The second-order valence-corrected chi connectivity index (χ2v) is 0.622. The zero-order valence-corrected chi connectivity index (χ0v) is 7.84. The maximum atomic E-state index is 9.28. The summed E-state index contributed by atoms with van der Waals surface area (Å²) in [5, 5.41) is 0. The summed E-state index contributed by atoms with van der Waals surface area (Å²) < 4.78 is 4.32. The molecule has 0 aromatic heterocycles. The van der Waals surface area contributed by atoms with Gasteiger partial charge >= 0.3 is 0 Å². The van der Waals surface area contributed by atoms with Crippen LogP contribution in [0, 0.1) is 0 Å². The van der Waals surface area contributed by atoms with Gasteiger partial charge in [-0.3, -0.25) is 0 Å². The van der Waals surface area contributed by atoms with E-state index in [-0.39, 0.29) is 33.9 Å². The Bertz CT molecular complexity index is 30.0. The Morgan fingerprint density at radius 3 is 2.33 bits per heavy atom. The molecule has 0 aliphatic heterocycles. The fraction of sp³-hybridized carbons (Fsp3) is 0.667. The van der Waals surface area contributed by atoms with E-state index < -0.39 is 0 Å². The number of hydrogen-bond acceptors (Lipinski definition) is 2. The molecule has 0 unspecified atom stereocenters. The van der Waals surface area contributed by atoms with Gasteiger partial charge in [0.2, 0.25) is 0 Å². The van der Waals surface area contributed by atoms with Crippen molar-refractivity contribution in [1.82, 2.24) is 0 Å². The molecule has 0 radical (unpaired) electrons. The number of carbonyl (C=O) groups excluding carboxylic acids is 1. The molecule has 0 amide bonds. The van der Waals surface area contributed by atoms with Gasteiger partial charge in [-0.05, 0) is 0 Å². The summed E-state index contributed by atoms with van der Waals surface area (Å²) in [6, 6.07) is 0. The van der Waals surface area contributed by atoms with Gasteiger partial charge in [-0.2, -0.15) is 0 Å². The summed E-state index contributed by atoms with van der Waals surface area (Å²) in [5.41, 5.74) is 0. The van der Waals surface area contributed by atoms with Gasteiger partial charge in [-0.1, -0.05) is 0 Å². The molecule has 0 spiro atoms. The van der Waals surface area contributed by atoms with E-state index in [0.717, 1.165) is 0 Å². The summed E-state index contributed by atoms with van der Waals surface area (Å²) in [5.74, 6) is 0. The number of hydrogen-bond donors (Lipinski definition) is 0. The van der Waals surface area contributed by atoms with Gasteiger partial charge < -0.3 is 9.53 Å². The van der Waals surface area contributed by atoms with Crippen LogP contribution < -0.4 is 0 Å². The molecule has 0 aliphatic carbocycles. The second kappa shape index (κ2) is 9.12. The first-order chi connectivity index (χ1) is 2.41. The minimum absolute atomic E-state index is 0. The van der Waals surface area contributed by atoms with Crippen LogP contribution in [0.5, 0.6) is 0 Å². The van der Waals surface area contributed by atoms with Gasteiger partial charge in [0, 0.05) is 34.4 Å². The molecule has 0 rings (SSSR count). The molecule has 0 saturated heterocycles. The van der Waals surface area contributed by atoms with E-state index in [1.807, 2.05) is 0 Å². The van der Waals surface area contributed by atoms with Crippen LogP contribution in [0.3, 0.4) is 0 Å². The third-order valence-electron chi connectivity index (χ3n) is 0.235. The molecule has 0 aromatic rings. The van der Waals surface area contributed by atoms with Crippen LogP contribution in [0.1, 0.15) is 0 Å². The molecule has 0 aliphatic rings. The van der Waals surface area contributed by atoms with E-state index in [9.17, 15) is 4.79 Å². The number of methoxy groups -OCH3 is 1. The maximum Gasteiger partial charge on any atom is 0.145 e. The van der Waals surface area contributed by atoms with Crippen LogP contribution in [0.25, 0.3) is 0 Å². The molecule has 0 bridgehead atoms. The van der Waals surface area contributed by atoms with Gasteiger partial charge in [0.05, 0.1) is 0 Å². The third kappa shape index (κ3) is 8.82. The van der Waals surface area contributed by atoms with Crippen LogP contribution in [-0.4, -0.2) is 20.0 Å². The Labute approximate surface area is 57.0 Å². The zero-order valence-electron chi connectivity index (χ0n) is 3.81. The van der Waals surface area contributed by atoms with E-state index in [1.54, 1.807) is 0 Å². The fourth-order valence-corrected chi connectivity index (χ4v) is 0.0680. The monoisotopic (exact) mass is 188 g/mol. The minimum atomic E-state index is 0. The normalized spacial score (nSPS) is 6.17. The molecule has 32 valence electrons. The van der Waals surface area contributed by atoms with E-state index in [2.05, 4.69) is 4.74 Å². The van der Waals surface area contributed by atoms with E-state index >= 15 is 0 Å². The van der Waals surface area contributed by atoms with Crippen molar-refractivity contribution in [3.63, 3.8) is 0 Å². The topological polar surface area (TPSA) is 26.3 Å². The SMILES string of the molecule is COCC=O.[Cd]. The Morgan fingerprint density at radius 2 is 2.33 bits per heavy atom. The first-order valence-corrected chi connectivity index (χ1v) is 1.34. The zero-order chi connectivity index (χ0) is 4.12. The van der Waals surface area contributed by atoms with E-state index in [0.29, 0.717) is 6.29 Å². The second-order valence-electron chi connectivity index (χ2n) is 0.622. The van der Waals surface area contributed by atoms with Crippen molar-refractivity contribution in [2.24, 2.45) is 0 Å². The summed E-state index contributed by atoms with van der Waals surface area (Å²) >= 11 is 0. The quantitative estimate of drug-likeness (QED) is 0.442. The fourth-order valence-electron chi connectivity index (χ4n) is 0.0680. The average Bonchev–Trinajstić information content (AvgIpc) is 1.41. The maximum absolute atomic E-state index is 9.28. The van der Waals surface area contributed by atoms with Gasteiger partial charge in [-0.15, -0.1) is 0 Å². The van der Waals surface area contributed by atoms with Crippen LogP contribution in [0.4, 0.5) is 0 Å². The van der Waals surface area contributed by atoms with Crippen LogP contribution in [0.15, 0.2) is 0 Å². The standard InChI is InChI=1S/C3H6O2.Cd/c1-5-3-2-4;/h2H,3H2,1H3;. The molecule has 0 heterocycles. The Hall–Kier alpha value is 0.552. The van der Waals surface area contributed by atoms with Gasteiger partial charge in [0.15, 0.2) is 0 Å². The van der Waals surface area contributed by atoms with Crippen molar-refractivity contribution in [2.45, 2.75) is 0 Å². The summed E-state index contributed by atoms with van der Waals surface area (Å²) in [7, 11) is 1.48. The van der Waals surface area contributed by atoms with E-state index in [4.69, 9.17) is 0 Å². The van der Waals surface area contributed by atoms with Crippen molar-refractivity contribution in [3.8, 4) is 0 Å². The van der Waals surface area contributed by atoms with Gasteiger partial charge in [-0.25, -0.2) is 0 Å². The molecule has 0 saturated carbocycles. The Kier molecular flexibility index (Phi) is 14.8. The average molecular weight is 186 g/mol. The van der Waals surface area contributed by atoms with Crippen molar-refractivity contribution in [1.29, 1.82) is 0 Å². The van der Waals surface area contributed by atoms with Gasteiger partial charge in [0.1, 0.15) is 12.9 Å². The van der Waals surface area contributed by atoms with Crippen LogP contribution >= 0.6 is 0 Å². The van der Waals surface area contributed by atoms with Crippen LogP contribution in [-0.2, 0) is 36.8 Å². The first kappa shape index (κ1) is 9.75. The number of rotatable bonds is 2. The smallest absolute Gasteiger partial charge is 0.145 e. The summed E-state index contributed by atoms with van der Waals surface area (Å²) in [4.78, 5) is 9.28. The number of carbonyl (C=O) groups is 1. The molecule has 0 fully saturated rings. The Morgan fingerprint density at radius 1 is 1.83 bits per heavy atom. The predicted molar refractivity (Wildman–Crippen MR) is 17.9 cm³/mol. The predicted octanol–water partition coefficient (Wildman–Crippen LogP) is -0.171. The first-order valence-electron chi connectivity index (χ1n) is 1.34. The van der Waals surface area contributed by atoms with Crippen molar-refractivity contribution in [2.75, 3.05) is 13.7 Å².